The summed E-state index contributed by atoms with van der Waals surface area (Å²) in [7, 11) is 0. The molecular weight excluding hydrogens is 118 g/mol. The molecule has 0 bridgehead atoms. The van der Waals surface area contributed by atoms with Crippen LogP contribution in [0.1, 0.15) is 19.8 Å². The second kappa shape index (κ2) is 1.70. The van der Waals surface area contributed by atoms with Gasteiger partial charge in [-0.3, -0.25) is 4.79 Å². The third kappa shape index (κ3) is 1.05. The van der Waals surface area contributed by atoms with Gasteiger partial charge >= 0.3 is 5.97 Å². The predicted molar refractivity (Wildman–Crippen MR) is 33.0 cm³/mol. The molecule has 3 heteroatoms. The van der Waals surface area contributed by atoms with Crippen LogP contribution in [0.2, 0.25) is 0 Å². The number of carboxylic acid groups (broad SMARTS) is 1. The van der Waals surface area contributed by atoms with Crippen molar-refractivity contribution in [1.29, 1.82) is 0 Å². The van der Waals surface area contributed by atoms with Gasteiger partial charge in [-0.2, -0.15) is 0 Å². The van der Waals surface area contributed by atoms with Gasteiger partial charge in [-0.25, -0.2) is 0 Å². The molecule has 1 saturated carbocycles. The Kier molecular flexibility index (Phi) is 1.24. The van der Waals surface area contributed by atoms with Crippen LogP contribution in [0.4, 0.5) is 0 Å². The molecule has 1 aliphatic carbocycles. The lowest BCUT2D eigenvalue weighted by Crippen LogP contribution is -2.35. The molecule has 0 saturated heterocycles. The van der Waals surface area contributed by atoms with E-state index in [0.717, 1.165) is 12.8 Å². The first-order valence-electron chi connectivity index (χ1n) is 3.08. The Morgan fingerprint density at radius 2 is 2.22 bits per heavy atom. The normalized spacial score (nSPS) is 25.1. The average Bonchev–Trinajstić information content (AvgIpc) is 2.47. The van der Waals surface area contributed by atoms with Gasteiger partial charge in [0.15, 0.2) is 0 Å². The smallest absolute Gasteiger partial charge is 0.308 e. The van der Waals surface area contributed by atoms with E-state index < -0.39 is 5.97 Å². The number of carboxylic acids is 1. The fourth-order valence-corrected chi connectivity index (χ4v) is 0.823. The molecule has 3 nitrogen and oxygen atoms in total. The summed E-state index contributed by atoms with van der Waals surface area (Å²) in [5, 5.41) is 8.48. The first-order valence-corrected chi connectivity index (χ1v) is 3.08. The van der Waals surface area contributed by atoms with Crippen molar-refractivity contribution in [3.63, 3.8) is 0 Å². The maximum Gasteiger partial charge on any atom is 0.308 e. The monoisotopic (exact) mass is 129 g/mol. The Bertz CT molecular complexity index is 140. The molecule has 0 radical (unpaired) electrons. The zero-order valence-electron chi connectivity index (χ0n) is 5.42. The van der Waals surface area contributed by atoms with Crippen LogP contribution in [0, 0.1) is 5.92 Å². The fraction of sp³-hybridized carbons (Fsp3) is 0.833. The van der Waals surface area contributed by atoms with Crippen molar-refractivity contribution in [3.05, 3.63) is 0 Å². The van der Waals surface area contributed by atoms with Gasteiger partial charge in [0.25, 0.3) is 0 Å². The van der Waals surface area contributed by atoms with Crippen LogP contribution >= 0.6 is 0 Å². The van der Waals surface area contributed by atoms with E-state index in [1.807, 2.05) is 0 Å². The molecule has 1 rings (SSSR count). The van der Waals surface area contributed by atoms with Crippen molar-refractivity contribution in [1.82, 2.24) is 0 Å². The molecule has 9 heavy (non-hydrogen) atoms. The second-order valence-corrected chi connectivity index (χ2v) is 2.79. The third-order valence-corrected chi connectivity index (χ3v) is 2.06. The minimum Gasteiger partial charge on any atom is -0.481 e. The number of rotatable bonds is 2. The Morgan fingerprint density at radius 1 is 1.78 bits per heavy atom. The Balaban J connectivity index is 2.52. The highest BCUT2D eigenvalue weighted by Crippen LogP contribution is 2.39. The molecule has 0 heterocycles. The third-order valence-electron chi connectivity index (χ3n) is 2.06. The van der Waals surface area contributed by atoms with Gasteiger partial charge in [0.2, 0.25) is 0 Å². The standard InChI is InChI=1S/C6H11NO2/c1-4(5(8)9)6(7)2-3-6/h4H,2-3,7H2,1H3,(H,8,9). The minimum atomic E-state index is -0.782. The zero-order valence-corrected chi connectivity index (χ0v) is 5.42. The van der Waals surface area contributed by atoms with Gasteiger partial charge in [-0.05, 0) is 12.8 Å². The van der Waals surface area contributed by atoms with Crippen LogP contribution in [0.25, 0.3) is 0 Å². The van der Waals surface area contributed by atoms with Crippen LogP contribution in [0.15, 0.2) is 0 Å². The Morgan fingerprint density at radius 3 is 2.33 bits per heavy atom. The molecule has 1 unspecified atom stereocenters. The van der Waals surface area contributed by atoms with Gasteiger partial charge in [-0.1, -0.05) is 6.92 Å². The summed E-state index contributed by atoms with van der Waals surface area (Å²) in [6.45, 7) is 1.66. The second-order valence-electron chi connectivity index (χ2n) is 2.79. The molecule has 0 aromatic heterocycles. The average molecular weight is 129 g/mol. The Hall–Kier alpha value is -0.570. The number of hydrogen-bond donors (Lipinski definition) is 2. The highest BCUT2D eigenvalue weighted by atomic mass is 16.4. The molecule has 0 amide bonds. The largest absolute Gasteiger partial charge is 0.481 e. The molecule has 0 aliphatic heterocycles. The summed E-state index contributed by atoms with van der Waals surface area (Å²) < 4.78 is 0. The summed E-state index contributed by atoms with van der Waals surface area (Å²) >= 11 is 0. The van der Waals surface area contributed by atoms with Gasteiger partial charge in [-0.15, -0.1) is 0 Å². The maximum atomic E-state index is 10.3. The lowest BCUT2D eigenvalue weighted by molar-refractivity contribution is -0.142. The summed E-state index contributed by atoms with van der Waals surface area (Å²) in [5.74, 6) is -1.16. The molecular formula is C6H11NO2. The highest BCUT2D eigenvalue weighted by molar-refractivity contribution is 5.72. The van der Waals surface area contributed by atoms with Crippen molar-refractivity contribution < 1.29 is 9.90 Å². The summed E-state index contributed by atoms with van der Waals surface area (Å²) in [6.07, 6.45) is 1.72. The lowest BCUT2D eigenvalue weighted by atomic mass is 10.0. The van der Waals surface area contributed by atoms with E-state index in [1.165, 1.54) is 0 Å². The fourth-order valence-electron chi connectivity index (χ4n) is 0.823. The topological polar surface area (TPSA) is 63.3 Å². The summed E-state index contributed by atoms with van der Waals surface area (Å²) in [5.41, 5.74) is 5.24. The Labute approximate surface area is 53.9 Å². The maximum absolute atomic E-state index is 10.3. The van der Waals surface area contributed by atoms with E-state index >= 15 is 0 Å². The molecule has 0 aromatic carbocycles. The van der Waals surface area contributed by atoms with Crippen LogP contribution in [-0.2, 0) is 4.79 Å². The van der Waals surface area contributed by atoms with Crippen LogP contribution in [0.3, 0.4) is 0 Å². The van der Waals surface area contributed by atoms with Crippen LogP contribution in [-0.4, -0.2) is 16.6 Å². The number of nitrogens with two attached hydrogens (primary N) is 1. The van der Waals surface area contributed by atoms with Gasteiger partial charge in [0, 0.05) is 5.54 Å². The molecule has 1 fully saturated rings. The molecule has 1 atom stereocenters. The van der Waals surface area contributed by atoms with Crippen LogP contribution < -0.4 is 5.73 Å². The predicted octanol–water partition coefficient (Wildman–Crippen LogP) is 0.198. The number of carbonyl (C=O) groups is 1. The molecule has 3 N–H and O–H groups in total. The zero-order chi connectivity index (χ0) is 7.07. The molecule has 1 aliphatic rings. The van der Waals surface area contributed by atoms with E-state index in [4.69, 9.17) is 10.8 Å². The summed E-state index contributed by atoms with van der Waals surface area (Å²) in [4.78, 5) is 10.3. The van der Waals surface area contributed by atoms with Crippen LogP contribution in [0.5, 0.6) is 0 Å². The summed E-state index contributed by atoms with van der Waals surface area (Å²) in [6, 6.07) is 0. The number of aliphatic carboxylic acids is 1. The quantitative estimate of drug-likeness (QED) is 0.559. The van der Waals surface area contributed by atoms with Gasteiger partial charge in [0.1, 0.15) is 0 Å². The first-order chi connectivity index (χ1) is 4.06. The van der Waals surface area contributed by atoms with E-state index in [2.05, 4.69) is 0 Å². The minimum absolute atomic E-state index is 0.369. The van der Waals surface area contributed by atoms with Crippen molar-refractivity contribution in [2.45, 2.75) is 25.3 Å². The van der Waals surface area contributed by atoms with E-state index in [0.29, 0.717) is 0 Å². The van der Waals surface area contributed by atoms with Crippen molar-refractivity contribution >= 4 is 5.97 Å². The van der Waals surface area contributed by atoms with Gasteiger partial charge in [0.05, 0.1) is 5.92 Å². The van der Waals surface area contributed by atoms with Crippen molar-refractivity contribution in [3.8, 4) is 0 Å². The molecule has 0 spiro atoms. The first kappa shape index (κ1) is 6.55. The van der Waals surface area contributed by atoms with Gasteiger partial charge < -0.3 is 10.8 Å². The van der Waals surface area contributed by atoms with E-state index in [9.17, 15) is 4.79 Å². The molecule has 52 valence electrons. The molecule has 0 aromatic rings. The SMILES string of the molecule is CC(C(=O)O)C1(N)CC1. The highest BCUT2D eigenvalue weighted by Gasteiger charge is 2.46. The number of hydrogen-bond acceptors (Lipinski definition) is 2. The van der Waals surface area contributed by atoms with E-state index in [-0.39, 0.29) is 11.5 Å². The van der Waals surface area contributed by atoms with E-state index in [1.54, 1.807) is 6.92 Å². The van der Waals surface area contributed by atoms with Crippen molar-refractivity contribution in [2.24, 2.45) is 11.7 Å². The lowest BCUT2D eigenvalue weighted by Gasteiger charge is -2.12. The van der Waals surface area contributed by atoms with Crippen molar-refractivity contribution in [2.75, 3.05) is 0 Å².